The highest BCUT2D eigenvalue weighted by molar-refractivity contribution is 5.79. The first kappa shape index (κ1) is 20.0. The third-order valence-electron chi connectivity index (χ3n) is 6.30. The average molecular weight is 428 g/mol. The van der Waals surface area contributed by atoms with Crippen molar-refractivity contribution in [3.63, 3.8) is 0 Å². The molecule has 0 spiro atoms. The van der Waals surface area contributed by atoms with Crippen molar-refractivity contribution in [1.82, 2.24) is 20.2 Å². The summed E-state index contributed by atoms with van der Waals surface area (Å²) in [7, 11) is 0. The molecule has 1 aliphatic carbocycles. The van der Waals surface area contributed by atoms with E-state index in [1.807, 2.05) is 0 Å². The molecule has 2 fully saturated rings. The smallest absolute Gasteiger partial charge is 0.172 e. The average Bonchev–Trinajstić information content (AvgIpc) is 3.47. The Kier molecular flexibility index (Phi) is 5.11. The van der Waals surface area contributed by atoms with Crippen LogP contribution in [-0.4, -0.2) is 39.3 Å². The molecule has 6 nitrogen and oxygen atoms in total. The molecule has 1 aromatic carbocycles. The lowest BCUT2D eigenvalue weighted by molar-refractivity contribution is 0.193. The summed E-state index contributed by atoms with van der Waals surface area (Å²) in [5.41, 5.74) is 1.24. The van der Waals surface area contributed by atoms with Crippen LogP contribution in [0.5, 0.6) is 0 Å². The molecule has 1 aliphatic heterocycles. The SMILES string of the molecule is C[C@@H]1C[C@H]1Nc1nc2cnncc2nc1N1CCC(C(F)c2ccc(F)cc2F)CC1. The molecule has 3 aromatic rings. The zero-order valence-electron chi connectivity index (χ0n) is 17.1. The number of alkyl halides is 1. The topological polar surface area (TPSA) is 66.8 Å². The molecule has 9 heteroatoms. The van der Waals surface area contributed by atoms with Crippen LogP contribution in [0.2, 0.25) is 0 Å². The molecule has 1 unspecified atom stereocenters. The third-order valence-corrected chi connectivity index (χ3v) is 6.30. The Labute approximate surface area is 177 Å². The van der Waals surface area contributed by atoms with Crippen molar-refractivity contribution in [2.75, 3.05) is 23.3 Å². The van der Waals surface area contributed by atoms with Gasteiger partial charge in [0.2, 0.25) is 0 Å². The Balaban J connectivity index is 1.35. The van der Waals surface area contributed by atoms with Gasteiger partial charge in [-0.25, -0.2) is 23.1 Å². The first-order valence-corrected chi connectivity index (χ1v) is 10.6. The van der Waals surface area contributed by atoms with E-state index in [0.717, 1.165) is 24.4 Å². The van der Waals surface area contributed by atoms with Crippen molar-refractivity contribution in [2.45, 2.75) is 38.4 Å². The van der Waals surface area contributed by atoms with E-state index in [1.165, 1.54) is 6.07 Å². The van der Waals surface area contributed by atoms with Gasteiger partial charge in [0.15, 0.2) is 11.6 Å². The molecule has 2 aromatic heterocycles. The number of anilines is 2. The Hall–Kier alpha value is -2.97. The van der Waals surface area contributed by atoms with Gasteiger partial charge in [0.25, 0.3) is 0 Å². The molecule has 1 saturated heterocycles. The quantitative estimate of drug-likeness (QED) is 0.648. The van der Waals surface area contributed by atoms with E-state index in [4.69, 9.17) is 9.97 Å². The number of piperidine rings is 1. The van der Waals surface area contributed by atoms with Gasteiger partial charge in [-0.15, -0.1) is 0 Å². The number of hydrogen-bond donors (Lipinski definition) is 1. The van der Waals surface area contributed by atoms with Crippen molar-refractivity contribution < 1.29 is 13.2 Å². The molecule has 3 heterocycles. The Morgan fingerprint density at radius 1 is 1.06 bits per heavy atom. The molecule has 0 radical (unpaired) electrons. The molecule has 0 amide bonds. The van der Waals surface area contributed by atoms with E-state index >= 15 is 4.39 Å². The van der Waals surface area contributed by atoms with Crippen molar-refractivity contribution in [1.29, 1.82) is 0 Å². The number of rotatable bonds is 5. The van der Waals surface area contributed by atoms with Crippen LogP contribution in [0.25, 0.3) is 11.0 Å². The predicted octanol–water partition coefficient (Wildman–Crippen LogP) is 4.45. The molecule has 5 rings (SSSR count). The molecular formula is C22H23F3N6. The zero-order chi connectivity index (χ0) is 21.5. The Morgan fingerprint density at radius 3 is 2.39 bits per heavy atom. The van der Waals surface area contributed by atoms with Crippen LogP contribution in [0, 0.1) is 23.5 Å². The number of fused-ring (bicyclic) bond motifs is 1. The van der Waals surface area contributed by atoms with Crippen LogP contribution in [0.15, 0.2) is 30.6 Å². The number of benzene rings is 1. The molecule has 0 bridgehead atoms. The summed E-state index contributed by atoms with van der Waals surface area (Å²) in [6.45, 7) is 3.32. The molecule has 162 valence electrons. The fraction of sp³-hybridized carbons (Fsp3) is 0.455. The second-order valence-corrected chi connectivity index (χ2v) is 8.51. The highest BCUT2D eigenvalue weighted by atomic mass is 19.1. The number of aromatic nitrogens is 4. The van der Waals surface area contributed by atoms with Crippen LogP contribution >= 0.6 is 0 Å². The third kappa shape index (κ3) is 4.00. The van der Waals surface area contributed by atoms with Gasteiger partial charge in [-0.05, 0) is 37.2 Å². The van der Waals surface area contributed by atoms with Gasteiger partial charge in [0.05, 0.1) is 12.4 Å². The van der Waals surface area contributed by atoms with E-state index in [-0.39, 0.29) is 11.5 Å². The van der Waals surface area contributed by atoms with Crippen molar-refractivity contribution in [2.24, 2.45) is 11.8 Å². The molecule has 31 heavy (non-hydrogen) atoms. The maximum Gasteiger partial charge on any atom is 0.172 e. The number of nitrogens with zero attached hydrogens (tertiary/aromatic N) is 5. The minimum Gasteiger partial charge on any atom is -0.364 e. The van der Waals surface area contributed by atoms with E-state index in [0.29, 0.717) is 54.7 Å². The molecule has 1 N–H and O–H groups in total. The van der Waals surface area contributed by atoms with Crippen LogP contribution in [0.4, 0.5) is 24.8 Å². The fourth-order valence-electron chi connectivity index (χ4n) is 4.22. The van der Waals surface area contributed by atoms with Gasteiger partial charge in [-0.2, -0.15) is 10.2 Å². The van der Waals surface area contributed by atoms with Crippen molar-refractivity contribution in [3.8, 4) is 0 Å². The minimum absolute atomic E-state index is 0.0750. The van der Waals surface area contributed by atoms with Gasteiger partial charge in [-0.3, -0.25) is 0 Å². The summed E-state index contributed by atoms with van der Waals surface area (Å²) >= 11 is 0. The standard InChI is InChI=1S/C22H23F3N6/c1-12-8-17(12)28-21-22(30-19-11-27-26-10-18(19)29-21)31-6-4-13(5-7-31)20(25)15-3-2-14(23)9-16(15)24/h2-3,9-13,17,20H,4-8H2,1H3,(H,28,29)/t12-,17-,20?/m1/s1. The summed E-state index contributed by atoms with van der Waals surface area (Å²) < 4.78 is 42.2. The number of halogens is 3. The molecule has 3 atom stereocenters. The predicted molar refractivity (Wildman–Crippen MR) is 111 cm³/mol. The van der Waals surface area contributed by atoms with E-state index in [9.17, 15) is 8.78 Å². The number of nitrogens with one attached hydrogen (secondary N) is 1. The first-order chi connectivity index (χ1) is 15.0. The molecule has 2 aliphatic rings. The van der Waals surface area contributed by atoms with E-state index in [2.05, 4.69) is 27.3 Å². The first-order valence-electron chi connectivity index (χ1n) is 10.6. The van der Waals surface area contributed by atoms with Gasteiger partial charge in [0, 0.05) is 30.8 Å². The minimum atomic E-state index is -1.47. The van der Waals surface area contributed by atoms with Crippen LogP contribution in [0.1, 0.15) is 37.9 Å². The van der Waals surface area contributed by atoms with Crippen LogP contribution in [0.3, 0.4) is 0 Å². The van der Waals surface area contributed by atoms with Crippen LogP contribution < -0.4 is 10.2 Å². The second-order valence-electron chi connectivity index (χ2n) is 8.51. The zero-order valence-corrected chi connectivity index (χ0v) is 17.1. The lowest BCUT2D eigenvalue weighted by Crippen LogP contribution is -2.36. The van der Waals surface area contributed by atoms with Crippen molar-refractivity contribution >= 4 is 22.7 Å². The highest BCUT2D eigenvalue weighted by Gasteiger charge is 2.35. The molecule has 1 saturated carbocycles. The Bertz CT molecular complexity index is 1100. The van der Waals surface area contributed by atoms with Crippen LogP contribution in [-0.2, 0) is 0 Å². The van der Waals surface area contributed by atoms with Crippen molar-refractivity contribution in [3.05, 3.63) is 47.8 Å². The number of hydrogen-bond acceptors (Lipinski definition) is 6. The van der Waals surface area contributed by atoms with E-state index in [1.54, 1.807) is 12.4 Å². The summed E-state index contributed by atoms with van der Waals surface area (Å²) in [6.07, 6.45) is 3.85. The summed E-state index contributed by atoms with van der Waals surface area (Å²) in [5, 5.41) is 11.3. The van der Waals surface area contributed by atoms with Gasteiger partial charge in [0.1, 0.15) is 28.8 Å². The van der Waals surface area contributed by atoms with E-state index < -0.39 is 17.8 Å². The lowest BCUT2D eigenvalue weighted by atomic mass is 9.88. The second kappa shape index (κ2) is 7.94. The molecular weight excluding hydrogens is 405 g/mol. The van der Waals surface area contributed by atoms with Gasteiger partial charge >= 0.3 is 0 Å². The summed E-state index contributed by atoms with van der Waals surface area (Å²) in [5.74, 6) is 0.144. The monoisotopic (exact) mass is 428 g/mol. The summed E-state index contributed by atoms with van der Waals surface area (Å²) in [6, 6.07) is 3.41. The fourth-order valence-corrected chi connectivity index (χ4v) is 4.22. The largest absolute Gasteiger partial charge is 0.364 e. The maximum atomic E-state index is 15.0. The summed E-state index contributed by atoms with van der Waals surface area (Å²) in [4.78, 5) is 11.6. The highest BCUT2D eigenvalue weighted by Crippen LogP contribution is 2.39. The Morgan fingerprint density at radius 2 is 1.74 bits per heavy atom. The van der Waals surface area contributed by atoms with Gasteiger partial charge < -0.3 is 10.2 Å². The van der Waals surface area contributed by atoms with Gasteiger partial charge in [-0.1, -0.05) is 13.0 Å². The maximum absolute atomic E-state index is 15.0. The lowest BCUT2D eigenvalue weighted by Gasteiger charge is -2.35. The normalized spacial score (nSPS) is 22.5.